The number of nitrogens with zero attached hydrogens (tertiary/aromatic N) is 3. The second kappa shape index (κ2) is 8.57. The second-order valence-electron chi connectivity index (χ2n) is 7.88. The molecular weight excluding hydrogens is 386 g/mol. The molecule has 2 aliphatic rings. The van der Waals surface area contributed by atoms with Gasteiger partial charge in [0.15, 0.2) is 5.16 Å². The van der Waals surface area contributed by atoms with Crippen LogP contribution in [0.25, 0.3) is 0 Å². The molecule has 1 heterocycles. The number of aromatic nitrogens is 3. The molecule has 154 valence electrons. The number of thioether (sulfide) groups is 1. The number of primary amides is 1. The van der Waals surface area contributed by atoms with Crippen LogP contribution in [-0.4, -0.2) is 31.8 Å². The maximum atomic E-state index is 12.9. The summed E-state index contributed by atoms with van der Waals surface area (Å²) in [5, 5.41) is 12.3. The SMILES string of the molecule is CC(Sc1nnc(CCC(N)=O)n1C1CC1)C(=O)NC1CCCc2ccccc21. The summed E-state index contributed by atoms with van der Waals surface area (Å²) in [6.45, 7) is 1.91. The van der Waals surface area contributed by atoms with Crippen LogP contribution in [-0.2, 0) is 22.4 Å². The van der Waals surface area contributed by atoms with Crippen LogP contribution in [0.15, 0.2) is 29.4 Å². The highest BCUT2D eigenvalue weighted by Crippen LogP contribution is 2.40. The van der Waals surface area contributed by atoms with Gasteiger partial charge in [0, 0.05) is 18.9 Å². The van der Waals surface area contributed by atoms with Gasteiger partial charge in [-0.1, -0.05) is 36.0 Å². The highest BCUT2D eigenvalue weighted by Gasteiger charge is 2.31. The number of amides is 2. The molecule has 7 nitrogen and oxygen atoms in total. The predicted octanol–water partition coefficient (Wildman–Crippen LogP) is 2.71. The number of hydrogen-bond acceptors (Lipinski definition) is 5. The molecule has 0 bridgehead atoms. The van der Waals surface area contributed by atoms with Gasteiger partial charge in [-0.2, -0.15) is 0 Å². The minimum atomic E-state index is -0.343. The van der Waals surface area contributed by atoms with Gasteiger partial charge in [-0.25, -0.2) is 0 Å². The fraction of sp³-hybridized carbons (Fsp3) is 0.524. The van der Waals surface area contributed by atoms with Gasteiger partial charge in [-0.05, 0) is 50.2 Å². The Labute approximate surface area is 174 Å². The number of carbonyl (C=O) groups is 2. The first-order chi connectivity index (χ1) is 14.0. The molecule has 1 aromatic carbocycles. The smallest absolute Gasteiger partial charge is 0.233 e. The molecule has 0 radical (unpaired) electrons. The summed E-state index contributed by atoms with van der Waals surface area (Å²) in [7, 11) is 0. The lowest BCUT2D eigenvalue weighted by Gasteiger charge is -2.27. The van der Waals surface area contributed by atoms with E-state index < -0.39 is 0 Å². The Balaban J connectivity index is 1.42. The van der Waals surface area contributed by atoms with Crippen molar-refractivity contribution >= 4 is 23.6 Å². The van der Waals surface area contributed by atoms with Crippen LogP contribution in [0.3, 0.4) is 0 Å². The van der Waals surface area contributed by atoms with E-state index in [4.69, 9.17) is 5.73 Å². The average molecular weight is 414 g/mol. The molecule has 0 spiro atoms. The molecule has 2 aliphatic carbocycles. The number of rotatable bonds is 8. The molecular formula is C21H27N5O2S. The molecule has 4 rings (SSSR count). The van der Waals surface area contributed by atoms with Crippen molar-refractivity contribution in [3.8, 4) is 0 Å². The van der Waals surface area contributed by atoms with E-state index in [-0.39, 0.29) is 29.5 Å². The van der Waals surface area contributed by atoms with E-state index >= 15 is 0 Å². The molecule has 1 fully saturated rings. The van der Waals surface area contributed by atoms with Gasteiger partial charge in [-0.15, -0.1) is 10.2 Å². The molecule has 2 atom stereocenters. The Bertz CT molecular complexity index is 908. The molecule has 8 heteroatoms. The zero-order valence-corrected chi connectivity index (χ0v) is 17.5. The van der Waals surface area contributed by atoms with E-state index in [0.717, 1.165) is 43.1 Å². The van der Waals surface area contributed by atoms with Gasteiger partial charge in [0.25, 0.3) is 0 Å². The largest absolute Gasteiger partial charge is 0.370 e. The van der Waals surface area contributed by atoms with E-state index in [2.05, 4.69) is 38.3 Å². The summed E-state index contributed by atoms with van der Waals surface area (Å²) >= 11 is 1.43. The predicted molar refractivity (Wildman–Crippen MR) is 111 cm³/mol. The minimum absolute atomic E-state index is 0.0146. The van der Waals surface area contributed by atoms with Gasteiger partial charge >= 0.3 is 0 Å². The maximum absolute atomic E-state index is 12.9. The Morgan fingerprint density at radius 1 is 1.28 bits per heavy atom. The van der Waals surface area contributed by atoms with Gasteiger partial charge in [0.1, 0.15) is 5.82 Å². The Kier molecular flexibility index (Phi) is 5.89. The van der Waals surface area contributed by atoms with Crippen molar-refractivity contribution in [1.29, 1.82) is 0 Å². The Morgan fingerprint density at radius 3 is 2.83 bits per heavy atom. The summed E-state index contributed by atoms with van der Waals surface area (Å²) in [5.74, 6) is 0.452. The van der Waals surface area contributed by atoms with Crippen molar-refractivity contribution in [2.75, 3.05) is 0 Å². The fourth-order valence-electron chi connectivity index (χ4n) is 3.90. The number of fused-ring (bicyclic) bond motifs is 1. The highest BCUT2D eigenvalue weighted by molar-refractivity contribution is 8.00. The van der Waals surface area contributed by atoms with Crippen LogP contribution in [0.1, 0.15) is 68.1 Å². The summed E-state index contributed by atoms with van der Waals surface area (Å²) in [6, 6.07) is 8.80. The van der Waals surface area contributed by atoms with Crippen molar-refractivity contribution in [2.45, 2.75) is 74.4 Å². The molecule has 2 amide bonds. The van der Waals surface area contributed by atoms with Crippen LogP contribution < -0.4 is 11.1 Å². The zero-order chi connectivity index (χ0) is 20.4. The number of aryl methyl sites for hydroxylation is 2. The average Bonchev–Trinajstić information content (AvgIpc) is 3.47. The topological polar surface area (TPSA) is 103 Å². The van der Waals surface area contributed by atoms with Crippen molar-refractivity contribution in [2.24, 2.45) is 5.73 Å². The summed E-state index contributed by atoms with van der Waals surface area (Å²) in [4.78, 5) is 24.0. The third-order valence-electron chi connectivity index (χ3n) is 5.58. The van der Waals surface area contributed by atoms with Crippen LogP contribution in [0.5, 0.6) is 0 Å². The van der Waals surface area contributed by atoms with Crippen LogP contribution in [0, 0.1) is 0 Å². The van der Waals surface area contributed by atoms with Crippen molar-refractivity contribution in [3.63, 3.8) is 0 Å². The minimum Gasteiger partial charge on any atom is -0.370 e. The first-order valence-electron chi connectivity index (χ1n) is 10.3. The number of nitrogens with two attached hydrogens (primary N) is 1. The lowest BCUT2D eigenvalue weighted by molar-refractivity contribution is -0.121. The second-order valence-corrected chi connectivity index (χ2v) is 9.19. The molecule has 3 N–H and O–H groups in total. The third kappa shape index (κ3) is 4.63. The first kappa shape index (κ1) is 19.9. The summed E-state index contributed by atoms with van der Waals surface area (Å²) in [5.41, 5.74) is 7.84. The first-order valence-corrected chi connectivity index (χ1v) is 11.2. The Hall–Kier alpha value is -2.35. The maximum Gasteiger partial charge on any atom is 0.233 e. The monoisotopic (exact) mass is 413 g/mol. The van der Waals surface area contributed by atoms with E-state index in [0.29, 0.717) is 12.5 Å². The van der Waals surface area contributed by atoms with E-state index in [1.807, 2.05) is 13.0 Å². The van der Waals surface area contributed by atoms with Crippen molar-refractivity contribution < 1.29 is 9.59 Å². The molecule has 1 aromatic heterocycles. The molecule has 0 saturated heterocycles. The van der Waals surface area contributed by atoms with E-state index in [1.165, 1.54) is 22.9 Å². The summed E-state index contributed by atoms with van der Waals surface area (Å²) in [6.07, 6.45) is 6.03. The van der Waals surface area contributed by atoms with Crippen LogP contribution in [0.4, 0.5) is 0 Å². The zero-order valence-electron chi connectivity index (χ0n) is 16.6. The fourth-order valence-corrected chi connectivity index (χ4v) is 4.84. The third-order valence-corrected chi connectivity index (χ3v) is 6.64. The van der Waals surface area contributed by atoms with Crippen molar-refractivity contribution in [3.05, 3.63) is 41.2 Å². The Morgan fingerprint density at radius 2 is 2.07 bits per heavy atom. The van der Waals surface area contributed by atoms with E-state index in [1.54, 1.807) is 0 Å². The van der Waals surface area contributed by atoms with Gasteiger partial charge in [-0.3, -0.25) is 9.59 Å². The standard InChI is InChI=1S/C21H27N5O2S/c1-13(20(28)23-17-8-4-6-14-5-2-3-7-16(14)17)29-21-25-24-19(12-11-18(22)27)26(21)15-9-10-15/h2-3,5,7,13,15,17H,4,6,8-12H2,1H3,(H2,22,27)(H,23,28). The van der Waals surface area contributed by atoms with Crippen LogP contribution >= 0.6 is 11.8 Å². The number of carbonyl (C=O) groups excluding carboxylic acids is 2. The number of benzene rings is 1. The summed E-state index contributed by atoms with van der Waals surface area (Å²) < 4.78 is 2.09. The highest BCUT2D eigenvalue weighted by atomic mass is 32.2. The normalized spacial score (nSPS) is 19.4. The molecule has 0 aliphatic heterocycles. The molecule has 1 saturated carbocycles. The van der Waals surface area contributed by atoms with Gasteiger partial charge < -0.3 is 15.6 Å². The molecule has 29 heavy (non-hydrogen) atoms. The van der Waals surface area contributed by atoms with Crippen LogP contribution in [0.2, 0.25) is 0 Å². The van der Waals surface area contributed by atoms with Gasteiger partial charge in [0.2, 0.25) is 11.8 Å². The van der Waals surface area contributed by atoms with Crippen molar-refractivity contribution in [1.82, 2.24) is 20.1 Å². The molecule has 2 aromatic rings. The number of hydrogen-bond donors (Lipinski definition) is 2. The lowest BCUT2D eigenvalue weighted by atomic mass is 9.88. The molecule has 2 unspecified atom stereocenters. The van der Waals surface area contributed by atoms with E-state index in [9.17, 15) is 9.59 Å². The quantitative estimate of drug-likeness (QED) is 0.648. The van der Waals surface area contributed by atoms with Gasteiger partial charge in [0.05, 0.1) is 11.3 Å². The number of nitrogens with one attached hydrogen (secondary N) is 1. The lowest BCUT2D eigenvalue weighted by Crippen LogP contribution is -2.36.